The van der Waals surface area contributed by atoms with E-state index in [-0.39, 0.29) is 16.9 Å². The number of benzene rings is 2. The standard InChI is InChI=1S/C14H10F2N2O3/c15-9-5-8(13(20)11(16)6-9)7-17-18-14(21)10-3-1-2-4-12(10)19/h1-7,19-20H,(H,18,21). The first-order chi connectivity index (χ1) is 9.99. The highest BCUT2D eigenvalue weighted by atomic mass is 19.1. The van der Waals surface area contributed by atoms with Crippen LogP contribution in [-0.4, -0.2) is 22.3 Å². The Kier molecular flexibility index (Phi) is 4.13. The van der Waals surface area contributed by atoms with Gasteiger partial charge in [0.15, 0.2) is 11.6 Å². The average molecular weight is 292 g/mol. The molecule has 0 unspecified atom stereocenters. The smallest absolute Gasteiger partial charge is 0.275 e. The summed E-state index contributed by atoms with van der Waals surface area (Å²) in [4.78, 5) is 11.7. The van der Waals surface area contributed by atoms with Gasteiger partial charge in [0.25, 0.3) is 5.91 Å². The Labute approximate surface area is 118 Å². The van der Waals surface area contributed by atoms with Gasteiger partial charge in [-0.1, -0.05) is 12.1 Å². The third-order valence-corrected chi connectivity index (χ3v) is 2.58. The molecule has 2 aromatic carbocycles. The van der Waals surface area contributed by atoms with E-state index in [2.05, 4.69) is 10.5 Å². The second-order valence-electron chi connectivity index (χ2n) is 4.04. The molecular weight excluding hydrogens is 282 g/mol. The van der Waals surface area contributed by atoms with E-state index in [1.807, 2.05) is 0 Å². The Hall–Kier alpha value is -2.96. The van der Waals surface area contributed by atoms with Crippen LogP contribution >= 0.6 is 0 Å². The molecule has 0 aromatic heterocycles. The van der Waals surface area contributed by atoms with Gasteiger partial charge in [-0.05, 0) is 18.2 Å². The molecule has 0 aliphatic rings. The first kappa shape index (κ1) is 14.4. The van der Waals surface area contributed by atoms with Gasteiger partial charge in [0.2, 0.25) is 0 Å². The predicted molar refractivity (Wildman–Crippen MR) is 71.2 cm³/mol. The molecule has 3 N–H and O–H groups in total. The SMILES string of the molecule is O=C(NN=Cc1cc(F)cc(F)c1O)c1ccccc1O. The number of rotatable bonds is 3. The van der Waals surface area contributed by atoms with Gasteiger partial charge in [-0.3, -0.25) is 4.79 Å². The summed E-state index contributed by atoms with van der Waals surface area (Å²) >= 11 is 0. The highest BCUT2D eigenvalue weighted by molar-refractivity contribution is 5.97. The van der Waals surface area contributed by atoms with E-state index in [4.69, 9.17) is 0 Å². The Morgan fingerprint density at radius 1 is 1.19 bits per heavy atom. The topological polar surface area (TPSA) is 81.9 Å². The molecule has 0 spiro atoms. The summed E-state index contributed by atoms with van der Waals surface area (Å²) in [5.41, 5.74) is 1.83. The fraction of sp³-hybridized carbons (Fsp3) is 0. The monoisotopic (exact) mass is 292 g/mol. The lowest BCUT2D eigenvalue weighted by Gasteiger charge is -2.03. The molecule has 7 heteroatoms. The molecular formula is C14H10F2N2O3. The zero-order valence-corrected chi connectivity index (χ0v) is 10.5. The van der Waals surface area contributed by atoms with Gasteiger partial charge >= 0.3 is 0 Å². The zero-order chi connectivity index (χ0) is 15.4. The van der Waals surface area contributed by atoms with Gasteiger partial charge in [0.1, 0.15) is 11.6 Å². The summed E-state index contributed by atoms with van der Waals surface area (Å²) in [6.45, 7) is 0. The van der Waals surface area contributed by atoms with Crippen molar-refractivity contribution in [1.29, 1.82) is 0 Å². The molecule has 0 fully saturated rings. The number of hydrogen-bond acceptors (Lipinski definition) is 4. The van der Waals surface area contributed by atoms with Crippen molar-refractivity contribution in [2.24, 2.45) is 5.10 Å². The van der Waals surface area contributed by atoms with Crippen LogP contribution in [0.4, 0.5) is 8.78 Å². The summed E-state index contributed by atoms with van der Waals surface area (Å²) in [6, 6.07) is 7.17. The summed E-state index contributed by atoms with van der Waals surface area (Å²) < 4.78 is 26.1. The number of phenolic OH excluding ortho intramolecular Hbond substituents is 2. The minimum Gasteiger partial charge on any atom is -0.507 e. The number of carbonyl (C=O) groups is 1. The average Bonchev–Trinajstić information content (AvgIpc) is 2.44. The third kappa shape index (κ3) is 3.33. The quantitative estimate of drug-likeness (QED) is 0.599. The molecule has 0 bridgehead atoms. The number of para-hydroxylation sites is 1. The molecule has 1 amide bonds. The fourth-order valence-electron chi connectivity index (χ4n) is 1.57. The number of nitrogens with one attached hydrogen (secondary N) is 1. The lowest BCUT2D eigenvalue weighted by atomic mass is 10.2. The molecule has 0 aliphatic carbocycles. The second-order valence-corrected chi connectivity index (χ2v) is 4.04. The van der Waals surface area contributed by atoms with Gasteiger partial charge in [-0.2, -0.15) is 5.10 Å². The van der Waals surface area contributed by atoms with Crippen molar-refractivity contribution in [3.05, 3.63) is 59.2 Å². The van der Waals surface area contributed by atoms with E-state index in [0.717, 1.165) is 12.3 Å². The molecule has 0 saturated carbocycles. The van der Waals surface area contributed by atoms with Crippen LogP contribution in [-0.2, 0) is 0 Å². The third-order valence-electron chi connectivity index (χ3n) is 2.58. The minimum atomic E-state index is -1.14. The Bertz CT molecular complexity index is 717. The summed E-state index contributed by atoms with van der Waals surface area (Å²) in [5.74, 6) is -3.75. The molecule has 2 rings (SSSR count). The van der Waals surface area contributed by atoms with Crippen molar-refractivity contribution in [1.82, 2.24) is 5.43 Å². The number of nitrogens with zero attached hydrogens (tertiary/aromatic N) is 1. The number of carbonyl (C=O) groups excluding carboxylic acids is 1. The summed E-state index contributed by atoms with van der Waals surface area (Å²) in [5, 5.41) is 22.3. The van der Waals surface area contributed by atoms with Gasteiger partial charge in [-0.15, -0.1) is 0 Å². The number of hydrogen-bond donors (Lipinski definition) is 3. The fourth-order valence-corrected chi connectivity index (χ4v) is 1.57. The maximum atomic E-state index is 13.1. The van der Waals surface area contributed by atoms with Crippen LogP contribution in [0.3, 0.4) is 0 Å². The molecule has 108 valence electrons. The van der Waals surface area contributed by atoms with Crippen LogP contribution in [0.15, 0.2) is 41.5 Å². The number of phenols is 2. The van der Waals surface area contributed by atoms with E-state index in [9.17, 15) is 23.8 Å². The Morgan fingerprint density at radius 2 is 1.90 bits per heavy atom. The van der Waals surface area contributed by atoms with E-state index < -0.39 is 23.3 Å². The lowest BCUT2D eigenvalue weighted by Crippen LogP contribution is -2.17. The van der Waals surface area contributed by atoms with Gasteiger partial charge < -0.3 is 10.2 Å². The lowest BCUT2D eigenvalue weighted by molar-refractivity contribution is 0.0952. The molecule has 0 atom stereocenters. The van der Waals surface area contributed by atoms with Crippen LogP contribution in [0, 0.1) is 11.6 Å². The van der Waals surface area contributed by atoms with Crippen LogP contribution in [0.5, 0.6) is 11.5 Å². The van der Waals surface area contributed by atoms with Crippen molar-refractivity contribution < 1.29 is 23.8 Å². The maximum Gasteiger partial charge on any atom is 0.275 e. The van der Waals surface area contributed by atoms with Crippen LogP contribution in [0.1, 0.15) is 15.9 Å². The zero-order valence-electron chi connectivity index (χ0n) is 10.5. The molecule has 0 radical (unpaired) electrons. The highest BCUT2D eigenvalue weighted by Gasteiger charge is 2.10. The van der Waals surface area contributed by atoms with Gasteiger partial charge in [-0.25, -0.2) is 14.2 Å². The first-order valence-electron chi connectivity index (χ1n) is 5.78. The van der Waals surface area contributed by atoms with Crippen molar-refractivity contribution >= 4 is 12.1 Å². The molecule has 5 nitrogen and oxygen atoms in total. The van der Waals surface area contributed by atoms with E-state index in [1.54, 1.807) is 12.1 Å². The van der Waals surface area contributed by atoms with Gasteiger partial charge in [0, 0.05) is 11.6 Å². The van der Waals surface area contributed by atoms with Crippen molar-refractivity contribution in [3.8, 4) is 11.5 Å². The number of aromatic hydroxyl groups is 2. The number of hydrazone groups is 1. The summed E-state index contributed by atoms with van der Waals surface area (Å²) in [7, 11) is 0. The Morgan fingerprint density at radius 3 is 2.62 bits per heavy atom. The number of halogens is 2. The van der Waals surface area contributed by atoms with Crippen LogP contribution in [0.2, 0.25) is 0 Å². The largest absolute Gasteiger partial charge is 0.507 e. The predicted octanol–water partition coefficient (Wildman–Crippen LogP) is 2.14. The second kappa shape index (κ2) is 6.00. The molecule has 0 saturated heterocycles. The molecule has 21 heavy (non-hydrogen) atoms. The summed E-state index contributed by atoms with van der Waals surface area (Å²) in [6.07, 6.45) is 0.888. The Balaban J connectivity index is 2.13. The molecule has 2 aromatic rings. The normalized spacial score (nSPS) is 10.8. The van der Waals surface area contributed by atoms with Crippen LogP contribution < -0.4 is 5.43 Å². The van der Waals surface area contributed by atoms with Crippen LogP contribution in [0.25, 0.3) is 0 Å². The van der Waals surface area contributed by atoms with Crippen molar-refractivity contribution in [3.63, 3.8) is 0 Å². The molecule has 0 aliphatic heterocycles. The number of amides is 1. The van der Waals surface area contributed by atoms with Crippen molar-refractivity contribution in [2.75, 3.05) is 0 Å². The maximum absolute atomic E-state index is 13.1. The first-order valence-corrected chi connectivity index (χ1v) is 5.78. The minimum absolute atomic E-state index is 0.00991. The van der Waals surface area contributed by atoms with E-state index >= 15 is 0 Å². The molecule has 0 heterocycles. The van der Waals surface area contributed by atoms with E-state index in [0.29, 0.717) is 6.07 Å². The van der Waals surface area contributed by atoms with E-state index in [1.165, 1.54) is 12.1 Å². The van der Waals surface area contributed by atoms with Gasteiger partial charge in [0.05, 0.1) is 11.8 Å². The highest BCUT2D eigenvalue weighted by Crippen LogP contribution is 2.21. The van der Waals surface area contributed by atoms with Crippen molar-refractivity contribution in [2.45, 2.75) is 0 Å².